The van der Waals surface area contributed by atoms with Crippen molar-refractivity contribution in [1.29, 1.82) is 0 Å². The molecule has 0 atom stereocenters. The zero-order valence-corrected chi connectivity index (χ0v) is 33.5. The number of nitrogens with zero attached hydrogens (tertiary/aromatic N) is 1. The molecular weight excluding hydrogens is 750 g/mol. The molecule has 0 saturated heterocycles. The molecule has 0 aromatic heterocycles. The number of hydrogen-bond donors (Lipinski definition) is 3. The SMILES string of the molecule is Cc1cc(Br)cc(C)c1/C=C/c1ccccc1O.Cc1cccc(C)c1/C=C/c1cc([N+](=O)[O-])ccc1O.Cc1cccc(C)c1/C=C/c1ccccc1O. The predicted molar refractivity (Wildman–Crippen MR) is 233 cm³/mol. The number of aromatic hydroxyl groups is 3. The standard InChI is InChI=1S/C16H15BrO.C16H15NO3.C16H16O/c1-11-9-14(17)10-12(2)15(11)8-7-13-5-3-4-6-16(13)18;1-11-4-3-5-12(2)15(11)8-6-13-10-14(17(19)20)7-9-16(13)18;1-12-6-5-7-13(2)15(12)11-10-14-8-3-4-9-16(14)17/h3-10,18H,1-2H3;3-10,18H,1-2H3;3-11,17H,1-2H3/b8-7+;8-6+;11-10+. The first-order valence-electron chi connectivity index (χ1n) is 17.7. The number of phenolic OH excluding ortho intramolecular Hbond substituents is 3. The third-order valence-corrected chi connectivity index (χ3v) is 9.48. The van der Waals surface area contributed by atoms with Gasteiger partial charge in [0.2, 0.25) is 0 Å². The molecule has 280 valence electrons. The summed E-state index contributed by atoms with van der Waals surface area (Å²) in [6.45, 7) is 12.4. The number of aryl methyl sites for hydroxylation is 6. The van der Waals surface area contributed by atoms with Gasteiger partial charge >= 0.3 is 0 Å². The summed E-state index contributed by atoms with van der Waals surface area (Å²) in [5.74, 6) is 0.647. The van der Waals surface area contributed by atoms with Crippen LogP contribution >= 0.6 is 15.9 Å². The lowest BCUT2D eigenvalue weighted by Gasteiger charge is -2.06. The normalized spacial score (nSPS) is 11.0. The molecule has 6 aromatic carbocycles. The quantitative estimate of drug-likeness (QED) is 0.0848. The van der Waals surface area contributed by atoms with E-state index in [1.165, 1.54) is 51.6 Å². The van der Waals surface area contributed by atoms with E-state index in [1.807, 2.05) is 92.7 Å². The van der Waals surface area contributed by atoms with Crippen LogP contribution in [0.4, 0.5) is 5.69 Å². The van der Waals surface area contributed by atoms with Crippen LogP contribution in [0.1, 0.15) is 66.8 Å². The Balaban J connectivity index is 0.000000184. The molecule has 0 saturated carbocycles. The van der Waals surface area contributed by atoms with E-state index in [0.29, 0.717) is 17.1 Å². The smallest absolute Gasteiger partial charge is 0.270 e. The van der Waals surface area contributed by atoms with Gasteiger partial charge in [0.25, 0.3) is 5.69 Å². The lowest BCUT2D eigenvalue weighted by Crippen LogP contribution is -1.88. The van der Waals surface area contributed by atoms with Crippen molar-refractivity contribution in [3.63, 3.8) is 0 Å². The van der Waals surface area contributed by atoms with Crippen molar-refractivity contribution in [2.45, 2.75) is 41.5 Å². The maximum absolute atomic E-state index is 10.7. The molecular formula is C48H46BrNO5. The number of hydrogen-bond acceptors (Lipinski definition) is 5. The van der Waals surface area contributed by atoms with Gasteiger partial charge in [-0.2, -0.15) is 0 Å². The molecule has 0 heterocycles. The molecule has 6 aromatic rings. The van der Waals surface area contributed by atoms with Gasteiger partial charge in [-0.15, -0.1) is 0 Å². The van der Waals surface area contributed by atoms with Crippen LogP contribution < -0.4 is 0 Å². The minimum atomic E-state index is -0.476. The second-order valence-electron chi connectivity index (χ2n) is 13.2. The van der Waals surface area contributed by atoms with E-state index in [9.17, 15) is 25.4 Å². The third kappa shape index (κ3) is 11.9. The largest absolute Gasteiger partial charge is 0.507 e. The summed E-state index contributed by atoms with van der Waals surface area (Å²) in [5.41, 5.74) is 12.7. The average Bonchev–Trinajstić information content (AvgIpc) is 3.13. The lowest BCUT2D eigenvalue weighted by atomic mass is 10.0. The van der Waals surface area contributed by atoms with Crippen LogP contribution in [0.25, 0.3) is 36.5 Å². The highest BCUT2D eigenvalue weighted by Gasteiger charge is 2.09. The van der Waals surface area contributed by atoms with Crippen LogP contribution in [0.15, 0.2) is 120 Å². The Morgan fingerprint density at radius 3 is 1.22 bits per heavy atom. The van der Waals surface area contributed by atoms with Gasteiger partial charge < -0.3 is 15.3 Å². The summed E-state index contributed by atoms with van der Waals surface area (Å²) >= 11 is 3.49. The van der Waals surface area contributed by atoms with Gasteiger partial charge in [-0.25, -0.2) is 0 Å². The van der Waals surface area contributed by atoms with E-state index in [-0.39, 0.29) is 11.4 Å². The van der Waals surface area contributed by atoms with E-state index < -0.39 is 4.92 Å². The molecule has 7 heteroatoms. The van der Waals surface area contributed by atoms with Crippen molar-refractivity contribution in [3.05, 3.63) is 197 Å². The van der Waals surface area contributed by atoms with Crippen LogP contribution in [-0.4, -0.2) is 20.2 Å². The lowest BCUT2D eigenvalue weighted by molar-refractivity contribution is -0.384. The highest BCUT2D eigenvalue weighted by atomic mass is 79.9. The second-order valence-corrected chi connectivity index (χ2v) is 14.1. The van der Waals surface area contributed by atoms with Crippen molar-refractivity contribution < 1.29 is 20.2 Å². The van der Waals surface area contributed by atoms with Crippen LogP contribution in [0.2, 0.25) is 0 Å². The Bertz CT molecular complexity index is 2310. The summed E-state index contributed by atoms with van der Waals surface area (Å²) in [6, 6.07) is 35.1. The molecule has 0 amide bonds. The van der Waals surface area contributed by atoms with E-state index in [2.05, 4.69) is 80.0 Å². The van der Waals surface area contributed by atoms with Crippen molar-refractivity contribution in [2.75, 3.05) is 0 Å². The minimum absolute atomic E-state index is 0.0260. The van der Waals surface area contributed by atoms with Gasteiger partial charge in [0.05, 0.1) is 4.92 Å². The fraction of sp³-hybridized carbons (Fsp3) is 0.125. The topological polar surface area (TPSA) is 104 Å². The first-order chi connectivity index (χ1) is 26.2. The van der Waals surface area contributed by atoms with Gasteiger partial charge in [0.1, 0.15) is 17.2 Å². The Morgan fingerprint density at radius 1 is 0.455 bits per heavy atom. The number of rotatable bonds is 7. The minimum Gasteiger partial charge on any atom is -0.507 e. The first kappa shape index (κ1) is 41.6. The van der Waals surface area contributed by atoms with Gasteiger partial charge in [-0.05, 0) is 122 Å². The molecule has 0 unspecified atom stereocenters. The Morgan fingerprint density at radius 2 is 0.818 bits per heavy atom. The van der Waals surface area contributed by atoms with Crippen molar-refractivity contribution >= 4 is 58.1 Å². The number of non-ortho nitro benzene ring substituents is 1. The number of benzene rings is 6. The van der Waals surface area contributed by atoms with Crippen molar-refractivity contribution in [3.8, 4) is 17.2 Å². The third-order valence-electron chi connectivity index (χ3n) is 9.03. The highest BCUT2D eigenvalue weighted by Crippen LogP contribution is 2.27. The number of nitro groups is 1. The molecule has 0 bridgehead atoms. The van der Waals surface area contributed by atoms with Crippen LogP contribution in [0.3, 0.4) is 0 Å². The number of nitro benzene ring substituents is 1. The fourth-order valence-corrected chi connectivity index (χ4v) is 6.62. The second kappa shape index (κ2) is 19.8. The van der Waals surface area contributed by atoms with Gasteiger partial charge in [0.15, 0.2) is 0 Å². The van der Waals surface area contributed by atoms with Gasteiger partial charge in [-0.1, -0.05) is 125 Å². The zero-order valence-electron chi connectivity index (χ0n) is 31.9. The van der Waals surface area contributed by atoms with E-state index in [0.717, 1.165) is 32.3 Å². The maximum Gasteiger partial charge on any atom is 0.270 e. The predicted octanol–water partition coefficient (Wildman–Crippen LogP) is 13.2. The molecule has 0 radical (unpaired) electrons. The van der Waals surface area contributed by atoms with Crippen LogP contribution in [0.5, 0.6) is 17.2 Å². The Labute approximate surface area is 332 Å². The summed E-state index contributed by atoms with van der Waals surface area (Å²) in [5, 5.41) is 39.9. The van der Waals surface area contributed by atoms with Crippen LogP contribution in [-0.2, 0) is 0 Å². The molecule has 0 aliphatic rings. The molecule has 6 nitrogen and oxygen atoms in total. The van der Waals surface area contributed by atoms with Gasteiger partial charge in [0, 0.05) is 33.3 Å². The molecule has 55 heavy (non-hydrogen) atoms. The monoisotopic (exact) mass is 795 g/mol. The molecule has 0 fully saturated rings. The summed E-state index contributed by atoms with van der Waals surface area (Å²) < 4.78 is 1.09. The number of phenols is 3. The summed E-state index contributed by atoms with van der Waals surface area (Å²) in [6.07, 6.45) is 11.6. The average molecular weight is 797 g/mol. The first-order valence-corrected chi connectivity index (χ1v) is 18.5. The fourth-order valence-electron chi connectivity index (χ4n) is 5.93. The van der Waals surface area contributed by atoms with E-state index >= 15 is 0 Å². The molecule has 3 N–H and O–H groups in total. The van der Waals surface area contributed by atoms with Crippen molar-refractivity contribution in [2.24, 2.45) is 0 Å². The Kier molecular flexibility index (Phi) is 14.9. The molecule has 0 aliphatic carbocycles. The number of para-hydroxylation sites is 2. The molecule has 0 spiro atoms. The van der Waals surface area contributed by atoms with E-state index in [4.69, 9.17) is 0 Å². The number of halogens is 1. The summed E-state index contributed by atoms with van der Waals surface area (Å²) in [7, 11) is 0. The maximum atomic E-state index is 10.7. The Hall–Kier alpha value is -6.18. The van der Waals surface area contributed by atoms with E-state index in [1.54, 1.807) is 18.2 Å². The molecule has 6 rings (SSSR count). The summed E-state index contributed by atoms with van der Waals surface area (Å²) in [4.78, 5) is 10.3. The van der Waals surface area contributed by atoms with Gasteiger partial charge in [-0.3, -0.25) is 10.1 Å². The van der Waals surface area contributed by atoms with Crippen LogP contribution in [0, 0.1) is 51.7 Å². The van der Waals surface area contributed by atoms with Crippen molar-refractivity contribution in [1.82, 2.24) is 0 Å². The zero-order chi connectivity index (χ0) is 40.1. The highest BCUT2D eigenvalue weighted by molar-refractivity contribution is 9.10. The molecule has 0 aliphatic heterocycles.